The molecule has 0 spiro atoms. The fraction of sp³-hybridized carbons (Fsp3) is 0.714. The van der Waals surface area contributed by atoms with Gasteiger partial charge < -0.3 is 9.47 Å². The number of hydrogen-bond acceptors (Lipinski definition) is 5. The predicted octanol–water partition coefficient (Wildman–Crippen LogP) is 1.69. The van der Waals surface area contributed by atoms with Crippen molar-refractivity contribution >= 4 is 22.9 Å². The second-order valence-corrected chi connectivity index (χ2v) is 3.58. The molecule has 1 aromatic heterocycles. The maximum Gasteiger partial charge on any atom is 0.294 e. The molecular formula is C7H11ClN2O2S. The molecule has 0 atom stereocenters. The first-order chi connectivity index (χ1) is 6.36. The van der Waals surface area contributed by atoms with Gasteiger partial charge >= 0.3 is 0 Å². The summed E-state index contributed by atoms with van der Waals surface area (Å²) in [6.45, 7) is 1.30. The Labute approximate surface area is 85.8 Å². The van der Waals surface area contributed by atoms with Gasteiger partial charge in [-0.05, 0) is 0 Å². The largest absolute Gasteiger partial charge is 0.469 e. The summed E-state index contributed by atoms with van der Waals surface area (Å²) in [4.78, 5) is 0. The molecule has 0 aliphatic rings. The molecule has 74 valence electrons. The van der Waals surface area contributed by atoms with E-state index in [0.29, 0.717) is 24.3 Å². The van der Waals surface area contributed by atoms with E-state index in [1.54, 1.807) is 7.11 Å². The second kappa shape index (κ2) is 6.12. The lowest BCUT2D eigenvalue weighted by molar-refractivity contribution is 0.171. The Morgan fingerprint density at radius 3 is 2.85 bits per heavy atom. The van der Waals surface area contributed by atoms with Gasteiger partial charge in [-0.25, -0.2) is 0 Å². The number of halogens is 1. The third kappa shape index (κ3) is 3.89. The molecule has 4 nitrogen and oxygen atoms in total. The zero-order valence-electron chi connectivity index (χ0n) is 7.33. The summed E-state index contributed by atoms with van der Waals surface area (Å²) >= 11 is 6.93. The molecule has 0 amide bonds. The van der Waals surface area contributed by atoms with Crippen molar-refractivity contribution in [2.45, 2.75) is 12.3 Å². The van der Waals surface area contributed by atoms with Crippen molar-refractivity contribution in [1.29, 1.82) is 0 Å². The quantitative estimate of drug-likeness (QED) is 0.543. The third-order valence-electron chi connectivity index (χ3n) is 1.28. The predicted molar refractivity (Wildman–Crippen MR) is 51.5 cm³/mol. The summed E-state index contributed by atoms with van der Waals surface area (Å²) in [7, 11) is 1.66. The monoisotopic (exact) mass is 222 g/mol. The average molecular weight is 223 g/mol. The minimum atomic E-state index is 0.388. The molecule has 1 aromatic rings. The smallest absolute Gasteiger partial charge is 0.294 e. The first-order valence-corrected chi connectivity index (χ1v) is 5.22. The number of methoxy groups -OCH3 is 1. The Morgan fingerprint density at radius 1 is 1.38 bits per heavy atom. The maximum absolute atomic E-state index is 5.56. The van der Waals surface area contributed by atoms with Crippen molar-refractivity contribution in [3.8, 4) is 5.19 Å². The van der Waals surface area contributed by atoms with Crippen LogP contribution in [0.2, 0.25) is 0 Å². The highest BCUT2D eigenvalue weighted by Gasteiger charge is 2.02. The van der Waals surface area contributed by atoms with Crippen LogP contribution in [0.25, 0.3) is 0 Å². The van der Waals surface area contributed by atoms with Crippen LogP contribution >= 0.6 is 22.9 Å². The van der Waals surface area contributed by atoms with E-state index in [1.807, 2.05) is 0 Å². The summed E-state index contributed by atoms with van der Waals surface area (Å²) in [6, 6.07) is 0. The van der Waals surface area contributed by atoms with Crippen molar-refractivity contribution in [2.24, 2.45) is 0 Å². The summed E-state index contributed by atoms with van der Waals surface area (Å²) in [5.41, 5.74) is 0. The van der Waals surface area contributed by atoms with Gasteiger partial charge in [-0.15, -0.1) is 21.8 Å². The Bertz CT molecular complexity index is 244. The van der Waals surface area contributed by atoms with E-state index in [4.69, 9.17) is 21.1 Å². The molecule has 0 aliphatic carbocycles. The van der Waals surface area contributed by atoms with E-state index < -0.39 is 0 Å². The number of nitrogens with zero attached hydrogens (tertiary/aromatic N) is 2. The zero-order valence-corrected chi connectivity index (χ0v) is 8.90. The van der Waals surface area contributed by atoms with Crippen molar-refractivity contribution in [1.82, 2.24) is 10.2 Å². The SMILES string of the molecule is COCCCOc1nnc(CCl)s1. The highest BCUT2D eigenvalue weighted by atomic mass is 35.5. The maximum atomic E-state index is 5.56. The van der Waals surface area contributed by atoms with Crippen LogP contribution in [0.3, 0.4) is 0 Å². The molecule has 1 rings (SSSR count). The number of rotatable bonds is 6. The van der Waals surface area contributed by atoms with Crippen molar-refractivity contribution < 1.29 is 9.47 Å². The van der Waals surface area contributed by atoms with Crippen molar-refractivity contribution in [3.05, 3.63) is 5.01 Å². The van der Waals surface area contributed by atoms with Crippen LogP contribution in [0.15, 0.2) is 0 Å². The molecule has 6 heteroatoms. The molecule has 0 aromatic carbocycles. The highest BCUT2D eigenvalue weighted by Crippen LogP contribution is 2.18. The minimum absolute atomic E-state index is 0.388. The number of ether oxygens (including phenoxy) is 2. The Balaban J connectivity index is 2.20. The number of hydrogen-bond donors (Lipinski definition) is 0. The molecule has 0 fully saturated rings. The van der Waals surface area contributed by atoms with Crippen LogP contribution in [0.5, 0.6) is 5.19 Å². The van der Waals surface area contributed by atoms with Gasteiger partial charge in [0.15, 0.2) is 0 Å². The summed E-state index contributed by atoms with van der Waals surface area (Å²) < 4.78 is 10.2. The van der Waals surface area contributed by atoms with Crippen LogP contribution in [0.1, 0.15) is 11.4 Å². The fourth-order valence-electron chi connectivity index (χ4n) is 0.713. The molecule has 0 saturated carbocycles. The zero-order chi connectivity index (χ0) is 9.52. The first-order valence-electron chi connectivity index (χ1n) is 3.87. The van der Waals surface area contributed by atoms with Crippen molar-refractivity contribution in [2.75, 3.05) is 20.3 Å². The standard InChI is InChI=1S/C7H11ClN2O2S/c1-11-3-2-4-12-7-10-9-6(5-8)13-7/h2-5H2,1H3. The van der Waals surface area contributed by atoms with Gasteiger partial charge in [0.2, 0.25) is 0 Å². The number of alkyl halides is 1. The Morgan fingerprint density at radius 2 is 2.23 bits per heavy atom. The van der Waals surface area contributed by atoms with Crippen LogP contribution in [-0.2, 0) is 10.6 Å². The lowest BCUT2D eigenvalue weighted by atomic mass is 10.5. The van der Waals surface area contributed by atoms with Gasteiger partial charge in [0.25, 0.3) is 5.19 Å². The van der Waals surface area contributed by atoms with Crippen LogP contribution in [-0.4, -0.2) is 30.5 Å². The van der Waals surface area contributed by atoms with E-state index >= 15 is 0 Å². The van der Waals surface area contributed by atoms with Gasteiger partial charge in [-0.2, -0.15) is 0 Å². The Kier molecular flexibility index (Phi) is 5.03. The summed E-state index contributed by atoms with van der Waals surface area (Å²) in [6.07, 6.45) is 0.853. The fourth-order valence-corrected chi connectivity index (χ4v) is 1.49. The summed E-state index contributed by atoms with van der Waals surface area (Å²) in [5.74, 6) is 0.388. The third-order valence-corrected chi connectivity index (χ3v) is 2.53. The molecule has 0 aliphatic heterocycles. The Hall–Kier alpha value is -0.390. The van der Waals surface area contributed by atoms with Gasteiger partial charge in [0.05, 0.1) is 12.5 Å². The molecule has 0 N–H and O–H groups in total. The van der Waals surface area contributed by atoms with Crippen LogP contribution < -0.4 is 4.74 Å². The highest BCUT2D eigenvalue weighted by molar-refractivity contribution is 7.13. The normalized spacial score (nSPS) is 10.3. The van der Waals surface area contributed by atoms with E-state index in [0.717, 1.165) is 11.4 Å². The van der Waals surface area contributed by atoms with Gasteiger partial charge in [0.1, 0.15) is 5.01 Å². The summed E-state index contributed by atoms with van der Waals surface area (Å²) in [5, 5.41) is 8.98. The van der Waals surface area contributed by atoms with E-state index in [1.165, 1.54) is 11.3 Å². The van der Waals surface area contributed by atoms with Gasteiger partial charge in [-0.3, -0.25) is 0 Å². The molecular weight excluding hydrogens is 212 g/mol. The molecule has 0 bridgehead atoms. The first kappa shape index (κ1) is 10.7. The van der Waals surface area contributed by atoms with Gasteiger partial charge in [0, 0.05) is 20.1 Å². The van der Waals surface area contributed by atoms with E-state index in [2.05, 4.69) is 10.2 Å². The number of aromatic nitrogens is 2. The molecule has 13 heavy (non-hydrogen) atoms. The molecule has 0 saturated heterocycles. The molecule has 0 unspecified atom stereocenters. The van der Waals surface area contributed by atoms with E-state index in [-0.39, 0.29) is 0 Å². The van der Waals surface area contributed by atoms with E-state index in [9.17, 15) is 0 Å². The lowest BCUT2D eigenvalue weighted by Crippen LogP contribution is -2.00. The minimum Gasteiger partial charge on any atom is -0.469 e. The molecule has 1 heterocycles. The topological polar surface area (TPSA) is 44.2 Å². The average Bonchev–Trinajstić information content (AvgIpc) is 2.60. The second-order valence-electron chi connectivity index (χ2n) is 2.29. The van der Waals surface area contributed by atoms with Crippen LogP contribution in [0, 0.1) is 0 Å². The van der Waals surface area contributed by atoms with Crippen LogP contribution in [0.4, 0.5) is 0 Å². The lowest BCUT2D eigenvalue weighted by Gasteiger charge is -1.99. The van der Waals surface area contributed by atoms with Gasteiger partial charge in [-0.1, -0.05) is 11.3 Å². The molecule has 0 radical (unpaired) electrons. The van der Waals surface area contributed by atoms with Crippen molar-refractivity contribution in [3.63, 3.8) is 0 Å².